The van der Waals surface area contributed by atoms with E-state index in [-0.39, 0.29) is 37.2 Å². The van der Waals surface area contributed by atoms with Gasteiger partial charge in [-0.25, -0.2) is 0 Å². The fourth-order valence-electron chi connectivity index (χ4n) is 1.87. The molecule has 5 heteroatoms. The Morgan fingerprint density at radius 2 is 1.41 bits per heavy atom. The Morgan fingerprint density at radius 3 is 1.94 bits per heavy atom. The summed E-state index contributed by atoms with van der Waals surface area (Å²) in [7, 11) is 0. The van der Waals surface area contributed by atoms with Crippen LogP contribution >= 0.6 is 37.2 Å². The van der Waals surface area contributed by atoms with Gasteiger partial charge in [-0.05, 0) is 44.4 Å². The van der Waals surface area contributed by atoms with Crippen LogP contribution in [0.3, 0.4) is 0 Å². The summed E-state index contributed by atoms with van der Waals surface area (Å²) in [6.45, 7) is 8.21. The Morgan fingerprint density at radius 1 is 0.882 bits per heavy atom. The number of furan rings is 1. The highest BCUT2D eigenvalue weighted by atomic mass is 35.5. The number of hydrogen-bond donors (Lipinski definition) is 1. The SMILES string of the molecule is Cc1oc2cc(N)c(C)c(C)c2c1C.Cl.Cl.Cl. The first-order valence-electron chi connectivity index (χ1n) is 4.77. The molecular weight excluding hydrogens is 280 g/mol. The molecule has 0 saturated heterocycles. The summed E-state index contributed by atoms with van der Waals surface area (Å²) in [5.41, 5.74) is 11.2. The van der Waals surface area contributed by atoms with E-state index in [1.807, 2.05) is 19.9 Å². The molecule has 2 aromatic rings. The van der Waals surface area contributed by atoms with Crippen LogP contribution in [0.5, 0.6) is 0 Å². The monoisotopic (exact) mass is 297 g/mol. The zero-order chi connectivity index (χ0) is 10.5. The van der Waals surface area contributed by atoms with E-state index in [9.17, 15) is 0 Å². The van der Waals surface area contributed by atoms with Gasteiger partial charge in [0.2, 0.25) is 0 Å². The number of nitrogens with two attached hydrogens (primary N) is 1. The lowest BCUT2D eigenvalue weighted by Crippen LogP contribution is -1.92. The number of halogens is 3. The molecule has 0 saturated carbocycles. The van der Waals surface area contributed by atoms with Gasteiger partial charge in [0.15, 0.2) is 0 Å². The predicted molar refractivity (Wildman–Crippen MR) is 81.3 cm³/mol. The van der Waals surface area contributed by atoms with Gasteiger partial charge in [-0.15, -0.1) is 37.2 Å². The Labute approximate surface area is 120 Å². The Kier molecular flexibility index (Phi) is 7.06. The minimum absolute atomic E-state index is 0. The quantitative estimate of drug-likeness (QED) is 0.727. The summed E-state index contributed by atoms with van der Waals surface area (Å²) in [4.78, 5) is 0. The van der Waals surface area contributed by atoms with Crippen LogP contribution in [0.1, 0.15) is 22.5 Å². The van der Waals surface area contributed by atoms with Crippen LogP contribution in [-0.4, -0.2) is 0 Å². The highest BCUT2D eigenvalue weighted by Gasteiger charge is 2.12. The first-order valence-corrected chi connectivity index (χ1v) is 4.77. The first-order chi connectivity index (χ1) is 6.52. The van der Waals surface area contributed by atoms with E-state index in [1.54, 1.807) is 0 Å². The first kappa shape index (κ1) is 18.8. The molecule has 0 atom stereocenters. The van der Waals surface area contributed by atoms with Crippen molar-refractivity contribution in [2.24, 2.45) is 0 Å². The van der Waals surface area contributed by atoms with E-state index >= 15 is 0 Å². The zero-order valence-corrected chi connectivity index (χ0v) is 12.7. The standard InChI is InChI=1S/C12H15NO.3ClH/c1-6-7(2)12-8(3)9(4)14-11(12)5-10(6)13;;;/h5H,13H2,1-4H3;3*1H. The third-order valence-corrected chi connectivity index (χ3v) is 3.07. The molecule has 0 amide bonds. The normalized spacial score (nSPS) is 9.18. The number of aryl methyl sites for hydroxylation is 3. The molecule has 0 unspecified atom stereocenters. The van der Waals surface area contributed by atoms with Gasteiger partial charge in [0.05, 0.1) is 0 Å². The second-order valence-corrected chi connectivity index (χ2v) is 3.87. The van der Waals surface area contributed by atoms with Crippen molar-refractivity contribution in [2.75, 3.05) is 5.73 Å². The molecule has 0 aliphatic rings. The molecule has 17 heavy (non-hydrogen) atoms. The summed E-state index contributed by atoms with van der Waals surface area (Å²) in [5, 5.41) is 1.22. The molecule has 1 aromatic carbocycles. The maximum atomic E-state index is 5.89. The second kappa shape index (κ2) is 6.39. The largest absolute Gasteiger partial charge is 0.461 e. The van der Waals surface area contributed by atoms with Gasteiger partial charge in [0.25, 0.3) is 0 Å². The lowest BCUT2D eigenvalue weighted by Gasteiger charge is -2.05. The summed E-state index contributed by atoms with van der Waals surface area (Å²) in [6.07, 6.45) is 0. The maximum absolute atomic E-state index is 5.89. The lowest BCUT2D eigenvalue weighted by atomic mass is 10.0. The fourth-order valence-corrected chi connectivity index (χ4v) is 1.87. The van der Waals surface area contributed by atoms with E-state index in [4.69, 9.17) is 10.2 Å². The van der Waals surface area contributed by atoms with Gasteiger partial charge < -0.3 is 10.2 Å². The number of nitrogen functional groups attached to an aromatic ring is 1. The van der Waals surface area contributed by atoms with Crippen molar-refractivity contribution in [3.8, 4) is 0 Å². The second-order valence-electron chi connectivity index (χ2n) is 3.87. The lowest BCUT2D eigenvalue weighted by molar-refractivity contribution is 0.575. The third-order valence-electron chi connectivity index (χ3n) is 3.07. The molecule has 0 aliphatic heterocycles. The molecule has 0 bridgehead atoms. The van der Waals surface area contributed by atoms with Crippen LogP contribution in [-0.2, 0) is 0 Å². The van der Waals surface area contributed by atoms with Gasteiger partial charge in [-0.1, -0.05) is 0 Å². The molecule has 2 N–H and O–H groups in total. The van der Waals surface area contributed by atoms with Gasteiger partial charge in [-0.2, -0.15) is 0 Å². The Hall–Kier alpha value is -0.570. The fraction of sp³-hybridized carbons (Fsp3) is 0.333. The van der Waals surface area contributed by atoms with Crippen molar-refractivity contribution in [2.45, 2.75) is 27.7 Å². The molecule has 0 spiro atoms. The number of benzene rings is 1. The van der Waals surface area contributed by atoms with Crippen LogP contribution < -0.4 is 5.73 Å². The van der Waals surface area contributed by atoms with Crippen molar-refractivity contribution in [3.63, 3.8) is 0 Å². The number of rotatable bonds is 0. The molecule has 1 aromatic heterocycles. The highest BCUT2D eigenvalue weighted by molar-refractivity contribution is 5.89. The average Bonchev–Trinajstić information content (AvgIpc) is 2.39. The molecule has 0 fully saturated rings. The highest BCUT2D eigenvalue weighted by Crippen LogP contribution is 2.32. The van der Waals surface area contributed by atoms with Crippen molar-refractivity contribution in [1.29, 1.82) is 0 Å². The van der Waals surface area contributed by atoms with E-state index < -0.39 is 0 Å². The van der Waals surface area contributed by atoms with Crippen LogP contribution in [0.2, 0.25) is 0 Å². The molecule has 98 valence electrons. The van der Waals surface area contributed by atoms with Gasteiger partial charge in [0.1, 0.15) is 11.3 Å². The van der Waals surface area contributed by atoms with Crippen molar-refractivity contribution in [3.05, 3.63) is 28.5 Å². The maximum Gasteiger partial charge on any atom is 0.136 e. The van der Waals surface area contributed by atoms with E-state index in [2.05, 4.69) is 13.8 Å². The van der Waals surface area contributed by atoms with Crippen molar-refractivity contribution < 1.29 is 4.42 Å². The predicted octanol–water partition coefficient (Wildman–Crippen LogP) is 4.51. The average molecular weight is 299 g/mol. The van der Waals surface area contributed by atoms with Crippen molar-refractivity contribution in [1.82, 2.24) is 0 Å². The van der Waals surface area contributed by atoms with Crippen LogP contribution in [0, 0.1) is 27.7 Å². The number of hydrogen-bond acceptors (Lipinski definition) is 2. The minimum Gasteiger partial charge on any atom is -0.461 e. The molecule has 1 heterocycles. The van der Waals surface area contributed by atoms with E-state index in [1.165, 1.54) is 16.5 Å². The van der Waals surface area contributed by atoms with Gasteiger partial charge >= 0.3 is 0 Å². The van der Waals surface area contributed by atoms with Gasteiger partial charge in [-0.3, -0.25) is 0 Å². The van der Waals surface area contributed by atoms with Crippen LogP contribution in [0.25, 0.3) is 11.0 Å². The molecule has 0 aliphatic carbocycles. The topological polar surface area (TPSA) is 39.2 Å². The minimum atomic E-state index is 0. The molecular formula is C12H18Cl3NO. The Bertz CT molecular complexity index is 520. The number of anilines is 1. The van der Waals surface area contributed by atoms with Crippen LogP contribution in [0.15, 0.2) is 10.5 Å². The number of fused-ring (bicyclic) bond motifs is 1. The summed E-state index contributed by atoms with van der Waals surface area (Å²) < 4.78 is 5.64. The summed E-state index contributed by atoms with van der Waals surface area (Å²) in [6, 6.07) is 1.91. The third kappa shape index (κ3) is 2.82. The van der Waals surface area contributed by atoms with Crippen LogP contribution in [0.4, 0.5) is 5.69 Å². The molecule has 2 nitrogen and oxygen atoms in total. The Balaban J connectivity index is 0. The van der Waals surface area contributed by atoms with Crippen molar-refractivity contribution >= 4 is 53.9 Å². The molecule has 0 radical (unpaired) electrons. The van der Waals surface area contributed by atoms with Gasteiger partial charge in [0, 0.05) is 17.1 Å². The molecule has 2 rings (SSSR count). The van der Waals surface area contributed by atoms with E-state index in [0.29, 0.717) is 0 Å². The summed E-state index contributed by atoms with van der Waals surface area (Å²) in [5.74, 6) is 0.980. The smallest absolute Gasteiger partial charge is 0.136 e. The van der Waals surface area contributed by atoms with E-state index in [0.717, 1.165) is 22.6 Å². The zero-order valence-electron chi connectivity index (χ0n) is 10.3. The summed E-state index contributed by atoms with van der Waals surface area (Å²) >= 11 is 0.